The molecule has 21 heavy (non-hydrogen) atoms. The summed E-state index contributed by atoms with van der Waals surface area (Å²) in [6.45, 7) is 3.55. The third kappa shape index (κ3) is 3.71. The Kier molecular flexibility index (Phi) is 4.42. The summed E-state index contributed by atoms with van der Waals surface area (Å²) in [6.07, 6.45) is 0.711. The lowest BCUT2D eigenvalue weighted by Gasteiger charge is -2.14. The van der Waals surface area contributed by atoms with Gasteiger partial charge in [-0.15, -0.1) is 0 Å². The van der Waals surface area contributed by atoms with Crippen LogP contribution in [0, 0.1) is 6.92 Å². The van der Waals surface area contributed by atoms with Crippen molar-refractivity contribution in [2.45, 2.75) is 20.3 Å². The lowest BCUT2D eigenvalue weighted by molar-refractivity contribution is -0.116. The number of furan rings is 1. The molecule has 0 radical (unpaired) electrons. The molecule has 0 atom stereocenters. The maximum absolute atomic E-state index is 12.1. The van der Waals surface area contributed by atoms with Gasteiger partial charge in [0.15, 0.2) is 11.6 Å². The lowest BCUT2D eigenvalue weighted by atomic mass is 10.3. The number of rotatable bonds is 5. The molecule has 7 heteroatoms. The van der Waals surface area contributed by atoms with E-state index in [1.807, 2.05) is 6.92 Å². The summed E-state index contributed by atoms with van der Waals surface area (Å²) in [5, 5.41) is 6.20. The van der Waals surface area contributed by atoms with Gasteiger partial charge in [0.1, 0.15) is 18.1 Å². The van der Waals surface area contributed by atoms with Crippen LogP contribution in [0.25, 0.3) is 0 Å². The van der Waals surface area contributed by atoms with Crippen LogP contribution in [0.2, 0.25) is 0 Å². The standard InChI is InChI=1S/C14H17N3O4/c1-4-10-5-6-11(20-10)14(19)17(3)8-13(18)15-12-7-9(2)21-16-12/h5-7H,4,8H2,1-3H3,(H,15,16,18). The molecule has 0 aliphatic heterocycles. The van der Waals surface area contributed by atoms with Gasteiger partial charge < -0.3 is 19.2 Å². The molecule has 0 saturated carbocycles. The summed E-state index contributed by atoms with van der Waals surface area (Å²) in [5.41, 5.74) is 0. The van der Waals surface area contributed by atoms with Crippen molar-refractivity contribution < 1.29 is 18.5 Å². The van der Waals surface area contributed by atoms with Crippen molar-refractivity contribution in [3.05, 3.63) is 35.5 Å². The molecule has 0 unspecified atom stereocenters. The second-order valence-electron chi connectivity index (χ2n) is 4.65. The zero-order chi connectivity index (χ0) is 15.4. The van der Waals surface area contributed by atoms with Crippen molar-refractivity contribution in [2.24, 2.45) is 0 Å². The Balaban J connectivity index is 1.92. The Labute approximate surface area is 121 Å². The molecule has 7 nitrogen and oxygen atoms in total. The Bertz CT molecular complexity index is 644. The fourth-order valence-corrected chi connectivity index (χ4v) is 1.77. The zero-order valence-electron chi connectivity index (χ0n) is 12.2. The molecular formula is C14H17N3O4. The van der Waals surface area contributed by atoms with Gasteiger partial charge in [-0.1, -0.05) is 12.1 Å². The molecule has 2 amide bonds. The maximum atomic E-state index is 12.1. The molecule has 1 N–H and O–H groups in total. The van der Waals surface area contributed by atoms with E-state index in [0.29, 0.717) is 18.0 Å². The molecule has 0 saturated heterocycles. The molecule has 2 aromatic heterocycles. The maximum Gasteiger partial charge on any atom is 0.289 e. The first-order valence-electron chi connectivity index (χ1n) is 6.57. The van der Waals surface area contributed by atoms with Crippen LogP contribution in [0.1, 0.15) is 29.0 Å². The first-order chi connectivity index (χ1) is 9.99. The van der Waals surface area contributed by atoms with Gasteiger partial charge in [0.2, 0.25) is 5.91 Å². The minimum absolute atomic E-state index is 0.104. The molecule has 0 bridgehead atoms. The summed E-state index contributed by atoms with van der Waals surface area (Å²) in [4.78, 5) is 25.2. The van der Waals surface area contributed by atoms with Crippen LogP contribution >= 0.6 is 0 Å². The van der Waals surface area contributed by atoms with Gasteiger partial charge in [0.25, 0.3) is 5.91 Å². The number of nitrogens with zero attached hydrogens (tertiary/aromatic N) is 2. The first kappa shape index (κ1) is 14.8. The van der Waals surface area contributed by atoms with Crippen molar-refractivity contribution in [2.75, 3.05) is 18.9 Å². The monoisotopic (exact) mass is 291 g/mol. The van der Waals surface area contributed by atoms with Gasteiger partial charge in [-0.25, -0.2) is 0 Å². The highest BCUT2D eigenvalue weighted by Gasteiger charge is 2.18. The van der Waals surface area contributed by atoms with Crippen molar-refractivity contribution in [3.63, 3.8) is 0 Å². The van der Waals surface area contributed by atoms with E-state index in [9.17, 15) is 9.59 Å². The second kappa shape index (κ2) is 6.25. The summed E-state index contributed by atoms with van der Waals surface area (Å²) in [7, 11) is 1.53. The van der Waals surface area contributed by atoms with E-state index in [1.165, 1.54) is 11.9 Å². The minimum atomic E-state index is -0.360. The number of likely N-dealkylation sites (N-methyl/N-ethyl adjacent to an activating group) is 1. The largest absolute Gasteiger partial charge is 0.456 e. The fourth-order valence-electron chi connectivity index (χ4n) is 1.77. The minimum Gasteiger partial charge on any atom is -0.456 e. The zero-order valence-corrected chi connectivity index (χ0v) is 12.2. The first-order valence-corrected chi connectivity index (χ1v) is 6.57. The highest BCUT2D eigenvalue weighted by atomic mass is 16.5. The van der Waals surface area contributed by atoms with Gasteiger partial charge in [-0.3, -0.25) is 9.59 Å². The Hall–Kier alpha value is -2.57. The SMILES string of the molecule is CCc1ccc(C(=O)N(C)CC(=O)Nc2cc(C)on2)o1. The van der Waals surface area contributed by atoms with Gasteiger partial charge in [-0.05, 0) is 19.1 Å². The van der Waals surface area contributed by atoms with Crippen molar-refractivity contribution in [1.29, 1.82) is 0 Å². The molecule has 0 aromatic carbocycles. The normalized spacial score (nSPS) is 10.4. The lowest BCUT2D eigenvalue weighted by Crippen LogP contribution is -2.34. The fraction of sp³-hybridized carbons (Fsp3) is 0.357. The quantitative estimate of drug-likeness (QED) is 0.908. The average molecular weight is 291 g/mol. The van der Waals surface area contributed by atoms with Crippen molar-refractivity contribution >= 4 is 17.6 Å². The number of aromatic nitrogens is 1. The van der Waals surface area contributed by atoms with E-state index < -0.39 is 0 Å². The van der Waals surface area contributed by atoms with E-state index >= 15 is 0 Å². The molecule has 0 aliphatic carbocycles. The van der Waals surface area contributed by atoms with Crippen LogP contribution in [0.3, 0.4) is 0 Å². The summed E-state index contributed by atoms with van der Waals surface area (Å²) < 4.78 is 10.2. The van der Waals surface area contributed by atoms with E-state index in [2.05, 4.69) is 10.5 Å². The molecule has 2 rings (SSSR count). The molecule has 0 spiro atoms. The van der Waals surface area contributed by atoms with Crippen LogP contribution < -0.4 is 5.32 Å². The number of hydrogen-bond acceptors (Lipinski definition) is 5. The van der Waals surface area contributed by atoms with Gasteiger partial charge in [-0.2, -0.15) is 0 Å². The number of aryl methyl sites for hydroxylation is 2. The van der Waals surface area contributed by atoms with E-state index in [4.69, 9.17) is 8.94 Å². The van der Waals surface area contributed by atoms with Gasteiger partial charge in [0, 0.05) is 19.5 Å². The average Bonchev–Trinajstić information content (AvgIpc) is 3.06. The Morgan fingerprint density at radius 1 is 1.38 bits per heavy atom. The molecular weight excluding hydrogens is 274 g/mol. The summed E-state index contributed by atoms with van der Waals surface area (Å²) >= 11 is 0. The molecule has 0 fully saturated rings. The van der Waals surface area contributed by atoms with Crippen LogP contribution in [0.15, 0.2) is 27.1 Å². The molecule has 112 valence electrons. The topological polar surface area (TPSA) is 88.6 Å². The Morgan fingerprint density at radius 3 is 2.71 bits per heavy atom. The number of nitrogens with one attached hydrogen (secondary N) is 1. The van der Waals surface area contributed by atoms with E-state index in [-0.39, 0.29) is 24.1 Å². The number of anilines is 1. The summed E-state index contributed by atoms with van der Waals surface area (Å²) in [5.74, 6) is 1.17. The predicted molar refractivity (Wildman–Crippen MR) is 74.9 cm³/mol. The van der Waals surface area contributed by atoms with Gasteiger partial charge >= 0.3 is 0 Å². The van der Waals surface area contributed by atoms with Crippen LogP contribution in [0.4, 0.5) is 5.82 Å². The molecule has 2 aromatic rings. The highest BCUT2D eigenvalue weighted by Crippen LogP contribution is 2.11. The van der Waals surface area contributed by atoms with E-state index in [0.717, 1.165) is 5.76 Å². The third-order valence-electron chi connectivity index (χ3n) is 2.84. The van der Waals surface area contributed by atoms with Crippen molar-refractivity contribution in [3.8, 4) is 0 Å². The molecule has 2 heterocycles. The smallest absolute Gasteiger partial charge is 0.289 e. The van der Waals surface area contributed by atoms with Crippen LogP contribution in [0.5, 0.6) is 0 Å². The number of amides is 2. The number of carbonyl (C=O) groups is 2. The number of hydrogen-bond donors (Lipinski definition) is 1. The van der Waals surface area contributed by atoms with Gasteiger partial charge in [0.05, 0.1) is 0 Å². The highest BCUT2D eigenvalue weighted by molar-refractivity contribution is 5.97. The van der Waals surface area contributed by atoms with Crippen LogP contribution in [-0.2, 0) is 11.2 Å². The van der Waals surface area contributed by atoms with Crippen molar-refractivity contribution in [1.82, 2.24) is 10.1 Å². The Morgan fingerprint density at radius 2 is 2.14 bits per heavy atom. The summed E-state index contributed by atoms with van der Waals surface area (Å²) in [6, 6.07) is 4.95. The molecule has 0 aliphatic rings. The third-order valence-corrected chi connectivity index (χ3v) is 2.84. The number of carbonyl (C=O) groups excluding carboxylic acids is 2. The van der Waals surface area contributed by atoms with E-state index in [1.54, 1.807) is 25.1 Å². The predicted octanol–water partition coefficient (Wildman–Crippen LogP) is 1.85. The van der Waals surface area contributed by atoms with Crippen LogP contribution in [-0.4, -0.2) is 35.5 Å². The second-order valence-corrected chi connectivity index (χ2v) is 4.65.